The Hall–Kier alpha value is -2.08. The largest absolute Gasteiger partial charge is 0.458 e. The Morgan fingerprint density at radius 2 is 1.88 bits per heavy atom. The summed E-state index contributed by atoms with van der Waals surface area (Å²) >= 11 is 0. The Morgan fingerprint density at radius 3 is 2.50 bits per heavy atom. The molecular formula is C20H29NO5. The number of ether oxygens (including phenoxy) is 3. The van der Waals surface area contributed by atoms with Crippen LogP contribution in [0.3, 0.4) is 0 Å². The lowest BCUT2D eigenvalue weighted by Gasteiger charge is -2.36. The predicted molar refractivity (Wildman–Crippen MR) is 97.6 cm³/mol. The van der Waals surface area contributed by atoms with Gasteiger partial charge in [0.1, 0.15) is 18.8 Å². The highest BCUT2D eigenvalue weighted by atomic mass is 16.6. The third-order valence-electron chi connectivity index (χ3n) is 4.13. The van der Waals surface area contributed by atoms with Crippen molar-refractivity contribution in [3.05, 3.63) is 35.9 Å². The van der Waals surface area contributed by atoms with Crippen LogP contribution in [0.15, 0.2) is 30.3 Å². The van der Waals surface area contributed by atoms with Crippen LogP contribution < -0.4 is 0 Å². The van der Waals surface area contributed by atoms with E-state index in [1.807, 2.05) is 58.0 Å². The smallest absolute Gasteiger partial charge is 0.410 e. The zero-order valence-corrected chi connectivity index (χ0v) is 16.1. The molecule has 0 bridgehead atoms. The highest BCUT2D eigenvalue weighted by Crippen LogP contribution is 2.21. The average Bonchev–Trinajstić information content (AvgIpc) is 2.58. The second-order valence-electron chi connectivity index (χ2n) is 7.69. The van der Waals surface area contributed by atoms with E-state index in [-0.39, 0.29) is 37.3 Å². The SMILES string of the molecule is CC1CN(C(=O)OCc2ccccc2)CCC1OCC(=O)OC(C)(C)C. The third kappa shape index (κ3) is 6.67. The molecule has 2 rings (SSSR count). The number of esters is 1. The van der Waals surface area contributed by atoms with Gasteiger partial charge >= 0.3 is 12.1 Å². The summed E-state index contributed by atoms with van der Waals surface area (Å²) in [7, 11) is 0. The minimum Gasteiger partial charge on any atom is -0.458 e. The van der Waals surface area contributed by atoms with Crippen LogP contribution in [0, 0.1) is 5.92 Å². The molecule has 1 aromatic carbocycles. The number of rotatable bonds is 5. The van der Waals surface area contributed by atoms with Crippen LogP contribution in [0.25, 0.3) is 0 Å². The molecular weight excluding hydrogens is 334 g/mol. The lowest BCUT2D eigenvalue weighted by Crippen LogP contribution is -2.46. The number of piperidine rings is 1. The Morgan fingerprint density at radius 1 is 1.19 bits per heavy atom. The van der Waals surface area contributed by atoms with Gasteiger partial charge in [-0.05, 0) is 32.8 Å². The van der Waals surface area contributed by atoms with Crippen molar-refractivity contribution in [1.29, 1.82) is 0 Å². The van der Waals surface area contributed by atoms with Gasteiger partial charge in [0.2, 0.25) is 0 Å². The molecule has 2 atom stereocenters. The van der Waals surface area contributed by atoms with Crippen molar-refractivity contribution < 1.29 is 23.8 Å². The highest BCUT2D eigenvalue weighted by Gasteiger charge is 2.31. The summed E-state index contributed by atoms with van der Waals surface area (Å²) in [6, 6.07) is 9.60. The molecule has 6 nitrogen and oxygen atoms in total. The monoisotopic (exact) mass is 363 g/mol. The lowest BCUT2D eigenvalue weighted by atomic mass is 9.97. The van der Waals surface area contributed by atoms with Crippen LogP contribution in [0.4, 0.5) is 4.79 Å². The molecule has 0 spiro atoms. The molecule has 0 radical (unpaired) electrons. The van der Waals surface area contributed by atoms with Crippen LogP contribution in [0.1, 0.15) is 39.7 Å². The van der Waals surface area contributed by atoms with E-state index in [9.17, 15) is 9.59 Å². The summed E-state index contributed by atoms with van der Waals surface area (Å²) < 4.78 is 16.3. The molecule has 1 aromatic rings. The van der Waals surface area contributed by atoms with Gasteiger partial charge in [-0.2, -0.15) is 0 Å². The standard InChI is InChI=1S/C20H29NO5/c1-15-12-21(19(23)25-13-16-8-6-5-7-9-16)11-10-17(15)24-14-18(22)26-20(2,3)4/h5-9,15,17H,10-14H2,1-4H3. The zero-order chi connectivity index (χ0) is 19.2. The number of nitrogens with zero attached hydrogens (tertiary/aromatic N) is 1. The minimum atomic E-state index is -0.516. The number of benzene rings is 1. The Labute approximate surface area is 155 Å². The summed E-state index contributed by atoms with van der Waals surface area (Å²) in [5.74, 6) is -0.245. The zero-order valence-electron chi connectivity index (χ0n) is 16.1. The Bertz CT molecular complexity index is 596. The third-order valence-corrected chi connectivity index (χ3v) is 4.13. The van der Waals surface area contributed by atoms with Crippen LogP contribution in [-0.2, 0) is 25.6 Å². The normalized spacial score (nSPS) is 20.5. The van der Waals surface area contributed by atoms with E-state index in [1.165, 1.54) is 0 Å². The number of hydrogen-bond donors (Lipinski definition) is 0. The quantitative estimate of drug-likeness (QED) is 0.750. The van der Waals surface area contributed by atoms with Gasteiger partial charge < -0.3 is 19.1 Å². The maximum atomic E-state index is 12.2. The maximum Gasteiger partial charge on any atom is 0.410 e. The molecule has 1 amide bonds. The van der Waals surface area contributed by atoms with E-state index in [2.05, 4.69) is 0 Å². The second-order valence-corrected chi connectivity index (χ2v) is 7.69. The van der Waals surface area contributed by atoms with Crippen molar-refractivity contribution in [3.8, 4) is 0 Å². The average molecular weight is 363 g/mol. The van der Waals surface area contributed by atoms with Crippen LogP contribution in [-0.4, -0.2) is 48.4 Å². The number of carbonyl (C=O) groups is 2. The lowest BCUT2D eigenvalue weighted by molar-refractivity contribution is -0.164. The topological polar surface area (TPSA) is 65.1 Å². The molecule has 6 heteroatoms. The first kappa shape index (κ1) is 20.2. The summed E-state index contributed by atoms with van der Waals surface area (Å²) in [5, 5.41) is 0. The van der Waals surface area contributed by atoms with Gasteiger partial charge in [0, 0.05) is 19.0 Å². The Kier molecular flexibility index (Phi) is 7.03. The van der Waals surface area contributed by atoms with Crippen LogP contribution >= 0.6 is 0 Å². The van der Waals surface area contributed by atoms with Crippen molar-refractivity contribution in [2.75, 3.05) is 19.7 Å². The number of amides is 1. The molecule has 1 heterocycles. The molecule has 1 fully saturated rings. The fourth-order valence-electron chi connectivity index (χ4n) is 2.89. The molecule has 1 saturated heterocycles. The molecule has 0 saturated carbocycles. The van der Waals surface area contributed by atoms with Crippen molar-refractivity contribution in [3.63, 3.8) is 0 Å². The van der Waals surface area contributed by atoms with Crippen molar-refractivity contribution in [1.82, 2.24) is 4.90 Å². The van der Waals surface area contributed by atoms with E-state index in [0.29, 0.717) is 19.5 Å². The summed E-state index contributed by atoms with van der Waals surface area (Å²) in [4.78, 5) is 25.7. The first-order valence-corrected chi connectivity index (χ1v) is 9.03. The summed E-state index contributed by atoms with van der Waals surface area (Å²) in [6.45, 7) is 8.79. The number of likely N-dealkylation sites (tertiary alicyclic amines) is 1. The molecule has 0 N–H and O–H groups in total. The van der Waals surface area contributed by atoms with Crippen molar-refractivity contribution in [2.24, 2.45) is 5.92 Å². The van der Waals surface area contributed by atoms with Gasteiger partial charge in [-0.3, -0.25) is 0 Å². The predicted octanol–water partition coefficient (Wildman–Crippen LogP) is 3.39. The number of hydrogen-bond acceptors (Lipinski definition) is 5. The molecule has 1 aliphatic rings. The molecule has 0 aromatic heterocycles. The molecule has 1 aliphatic heterocycles. The fraction of sp³-hybridized carbons (Fsp3) is 0.600. The fourth-order valence-corrected chi connectivity index (χ4v) is 2.89. The minimum absolute atomic E-state index is 0.0648. The first-order valence-electron chi connectivity index (χ1n) is 9.03. The maximum absolute atomic E-state index is 12.2. The van der Waals surface area contributed by atoms with Crippen molar-refractivity contribution >= 4 is 12.1 Å². The van der Waals surface area contributed by atoms with E-state index in [4.69, 9.17) is 14.2 Å². The molecule has 2 unspecified atom stereocenters. The summed E-state index contributed by atoms with van der Waals surface area (Å²) in [5.41, 5.74) is 0.447. The first-order chi connectivity index (χ1) is 12.2. The molecule has 26 heavy (non-hydrogen) atoms. The van der Waals surface area contributed by atoms with Gasteiger partial charge in [0.15, 0.2) is 0 Å². The van der Waals surface area contributed by atoms with Gasteiger partial charge in [-0.15, -0.1) is 0 Å². The molecule has 144 valence electrons. The van der Waals surface area contributed by atoms with Crippen molar-refractivity contribution in [2.45, 2.75) is 52.4 Å². The van der Waals surface area contributed by atoms with Gasteiger partial charge in [-0.25, -0.2) is 9.59 Å². The van der Waals surface area contributed by atoms with Crippen LogP contribution in [0.5, 0.6) is 0 Å². The Balaban J connectivity index is 1.73. The molecule has 0 aliphatic carbocycles. The van der Waals surface area contributed by atoms with E-state index in [1.54, 1.807) is 4.90 Å². The van der Waals surface area contributed by atoms with Gasteiger partial charge in [0.05, 0.1) is 6.10 Å². The van der Waals surface area contributed by atoms with E-state index >= 15 is 0 Å². The van der Waals surface area contributed by atoms with Crippen LogP contribution in [0.2, 0.25) is 0 Å². The van der Waals surface area contributed by atoms with Gasteiger partial charge in [-0.1, -0.05) is 37.3 Å². The summed E-state index contributed by atoms with van der Waals surface area (Å²) in [6.07, 6.45) is 0.289. The van der Waals surface area contributed by atoms with E-state index in [0.717, 1.165) is 5.56 Å². The second kappa shape index (κ2) is 9.03. The number of carbonyl (C=O) groups excluding carboxylic acids is 2. The van der Waals surface area contributed by atoms with E-state index < -0.39 is 5.60 Å². The highest BCUT2D eigenvalue weighted by molar-refractivity contribution is 5.71. The van der Waals surface area contributed by atoms with Gasteiger partial charge in [0.25, 0.3) is 0 Å².